The molecule has 3 N–H and O–H groups in total. The van der Waals surface area contributed by atoms with Crippen molar-refractivity contribution in [2.75, 3.05) is 32.8 Å². The molecule has 1 heterocycles. The van der Waals surface area contributed by atoms with Crippen molar-refractivity contribution in [3.8, 4) is 0 Å². The van der Waals surface area contributed by atoms with Gasteiger partial charge in [0, 0.05) is 26.1 Å². The topological polar surface area (TPSA) is 62.9 Å². The third-order valence-electron chi connectivity index (χ3n) is 3.18. The second-order valence-corrected chi connectivity index (χ2v) is 5.04. The van der Waals surface area contributed by atoms with E-state index in [0.717, 1.165) is 50.5 Å². The smallest absolute Gasteiger partial charge is 0.184 e. The molecule has 2 rings (SSSR count). The first-order chi connectivity index (χ1) is 9.75. The number of nitrogens with zero attached hydrogens (tertiary/aromatic N) is 2. The maximum absolute atomic E-state index is 5.44. The first-order valence-electron chi connectivity index (χ1n) is 6.73. The van der Waals surface area contributed by atoms with E-state index < -0.39 is 0 Å². The molecule has 0 atom stereocenters. The zero-order valence-electron chi connectivity index (χ0n) is 11.4. The number of rotatable bonds is 5. The van der Waals surface area contributed by atoms with Gasteiger partial charge in [0.15, 0.2) is 5.11 Å². The minimum absolute atomic E-state index is 0.185. The van der Waals surface area contributed by atoms with E-state index in [1.54, 1.807) is 0 Å². The van der Waals surface area contributed by atoms with Crippen LogP contribution in [0.15, 0.2) is 35.4 Å². The summed E-state index contributed by atoms with van der Waals surface area (Å²) in [6.45, 7) is 4.53. The number of morpholine rings is 1. The lowest BCUT2D eigenvalue weighted by Gasteiger charge is -2.26. The van der Waals surface area contributed by atoms with Crippen LogP contribution in [0.4, 0.5) is 0 Å². The highest BCUT2D eigenvalue weighted by molar-refractivity contribution is 7.80. The summed E-state index contributed by atoms with van der Waals surface area (Å²) in [6.07, 6.45) is 0.847. The minimum atomic E-state index is 0.185. The van der Waals surface area contributed by atoms with E-state index in [9.17, 15) is 0 Å². The Bertz CT molecular complexity index is 458. The zero-order valence-corrected chi connectivity index (χ0v) is 12.2. The van der Waals surface area contributed by atoms with Gasteiger partial charge in [-0.1, -0.05) is 30.3 Å². The van der Waals surface area contributed by atoms with Gasteiger partial charge in [-0.25, -0.2) is 0 Å². The van der Waals surface area contributed by atoms with Crippen LogP contribution < -0.4 is 11.2 Å². The summed E-state index contributed by atoms with van der Waals surface area (Å²) in [5.41, 5.74) is 10.2. The van der Waals surface area contributed by atoms with Crippen molar-refractivity contribution in [3.05, 3.63) is 35.9 Å². The van der Waals surface area contributed by atoms with Gasteiger partial charge in [-0.2, -0.15) is 5.10 Å². The zero-order chi connectivity index (χ0) is 14.2. The van der Waals surface area contributed by atoms with Crippen LogP contribution >= 0.6 is 12.2 Å². The van der Waals surface area contributed by atoms with Crippen molar-refractivity contribution in [3.63, 3.8) is 0 Å². The second kappa shape index (κ2) is 7.94. The molecule has 1 saturated heterocycles. The number of nitrogens with one attached hydrogen (secondary N) is 1. The molecule has 0 aliphatic carbocycles. The van der Waals surface area contributed by atoms with Gasteiger partial charge in [0.1, 0.15) is 0 Å². The molecule has 0 saturated carbocycles. The summed E-state index contributed by atoms with van der Waals surface area (Å²) < 4.78 is 5.35. The van der Waals surface area contributed by atoms with Crippen LogP contribution in [0.2, 0.25) is 0 Å². The maximum atomic E-state index is 5.44. The molecular formula is C14H20N4OS. The van der Waals surface area contributed by atoms with Gasteiger partial charge in [-0.3, -0.25) is 10.3 Å². The highest BCUT2D eigenvalue weighted by atomic mass is 32.1. The fourth-order valence-electron chi connectivity index (χ4n) is 2.11. The van der Waals surface area contributed by atoms with E-state index in [1.807, 2.05) is 30.3 Å². The fourth-order valence-corrected chi connectivity index (χ4v) is 2.15. The molecule has 1 aromatic carbocycles. The average Bonchev–Trinajstić information content (AvgIpc) is 2.49. The Morgan fingerprint density at radius 2 is 2.00 bits per heavy atom. The molecule has 1 aliphatic rings. The van der Waals surface area contributed by atoms with Crippen LogP contribution in [0.3, 0.4) is 0 Å². The number of hydrazone groups is 1. The van der Waals surface area contributed by atoms with Crippen molar-refractivity contribution in [1.29, 1.82) is 0 Å². The average molecular weight is 292 g/mol. The molecule has 0 bridgehead atoms. The predicted molar refractivity (Wildman–Crippen MR) is 84.8 cm³/mol. The van der Waals surface area contributed by atoms with Crippen molar-refractivity contribution < 1.29 is 4.74 Å². The van der Waals surface area contributed by atoms with Crippen LogP contribution in [0, 0.1) is 0 Å². The summed E-state index contributed by atoms with van der Waals surface area (Å²) in [4.78, 5) is 2.38. The molecule has 0 amide bonds. The standard InChI is InChI=1S/C14H20N4OS/c15-14(20)17-16-13(12-4-2-1-3-5-12)6-7-18-8-10-19-11-9-18/h1-5H,6-11H2,(H3,15,17,20). The van der Waals surface area contributed by atoms with Crippen molar-refractivity contribution in [2.24, 2.45) is 10.8 Å². The van der Waals surface area contributed by atoms with Gasteiger partial charge in [0.2, 0.25) is 0 Å². The number of hydrogen-bond donors (Lipinski definition) is 2. The van der Waals surface area contributed by atoms with Crippen LogP contribution in [-0.4, -0.2) is 48.6 Å². The molecule has 0 spiro atoms. The monoisotopic (exact) mass is 292 g/mol. The van der Waals surface area contributed by atoms with Gasteiger partial charge < -0.3 is 10.5 Å². The minimum Gasteiger partial charge on any atom is -0.379 e. The Morgan fingerprint density at radius 3 is 2.65 bits per heavy atom. The Morgan fingerprint density at radius 1 is 1.30 bits per heavy atom. The molecule has 1 aromatic rings. The van der Waals surface area contributed by atoms with Crippen LogP contribution in [-0.2, 0) is 4.74 Å². The molecule has 20 heavy (non-hydrogen) atoms. The van der Waals surface area contributed by atoms with Gasteiger partial charge in [-0.05, 0) is 17.8 Å². The molecular weight excluding hydrogens is 272 g/mol. The maximum Gasteiger partial charge on any atom is 0.184 e. The Kier molecular flexibility index (Phi) is 5.91. The van der Waals surface area contributed by atoms with Crippen molar-refractivity contribution in [1.82, 2.24) is 10.3 Å². The van der Waals surface area contributed by atoms with Crippen LogP contribution in [0.25, 0.3) is 0 Å². The molecule has 6 heteroatoms. The predicted octanol–water partition coefficient (Wildman–Crippen LogP) is 0.946. The number of benzene rings is 1. The molecule has 1 fully saturated rings. The summed E-state index contributed by atoms with van der Waals surface area (Å²) in [6, 6.07) is 10.1. The summed E-state index contributed by atoms with van der Waals surface area (Å²) in [7, 11) is 0. The molecule has 0 radical (unpaired) electrons. The van der Waals surface area contributed by atoms with E-state index in [4.69, 9.17) is 22.7 Å². The lowest BCUT2D eigenvalue weighted by Crippen LogP contribution is -2.37. The summed E-state index contributed by atoms with van der Waals surface area (Å²) >= 11 is 4.81. The van der Waals surface area contributed by atoms with Gasteiger partial charge in [0.05, 0.1) is 18.9 Å². The fraction of sp³-hybridized carbons (Fsp3) is 0.429. The van der Waals surface area contributed by atoms with Gasteiger partial charge in [0.25, 0.3) is 0 Å². The quantitative estimate of drug-likeness (QED) is 0.480. The molecule has 0 unspecified atom stereocenters. The van der Waals surface area contributed by atoms with E-state index in [1.165, 1.54) is 0 Å². The van der Waals surface area contributed by atoms with Gasteiger partial charge in [-0.15, -0.1) is 0 Å². The Balaban J connectivity index is 1.99. The van der Waals surface area contributed by atoms with Gasteiger partial charge >= 0.3 is 0 Å². The molecule has 0 aromatic heterocycles. The van der Waals surface area contributed by atoms with Crippen molar-refractivity contribution >= 4 is 23.0 Å². The Labute approximate surface area is 124 Å². The highest BCUT2D eigenvalue weighted by Crippen LogP contribution is 2.06. The first kappa shape index (κ1) is 14.9. The molecule has 5 nitrogen and oxygen atoms in total. The highest BCUT2D eigenvalue weighted by Gasteiger charge is 2.12. The van der Waals surface area contributed by atoms with Crippen molar-refractivity contribution in [2.45, 2.75) is 6.42 Å². The van der Waals surface area contributed by atoms with E-state index in [0.29, 0.717) is 0 Å². The van der Waals surface area contributed by atoms with E-state index in [-0.39, 0.29) is 5.11 Å². The van der Waals surface area contributed by atoms with Crippen LogP contribution in [0.1, 0.15) is 12.0 Å². The third-order valence-corrected chi connectivity index (χ3v) is 3.27. The van der Waals surface area contributed by atoms with E-state index >= 15 is 0 Å². The summed E-state index contributed by atoms with van der Waals surface area (Å²) in [5.74, 6) is 0. The SMILES string of the molecule is NC(=S)NN=C(CCN1CCOCC1)c1ccccc1. The first-order valence-corrected chi connectivity index (χ1v) is 7.14. The largest absolute Gasteiger partial charge is 0.379 e. The summed E-state index contributed by atoms with van der Waals surface area (Å²) in [5, 5.41) is 4.51. The number of nitrogens with two attached hydrogens (primary N) is 1. The second-order valence-electron chi connectivity index (χ2n) is 4.60. The molecule has 108 valence electrons. The number of thiocarbonyl (C=S) groups is 1. The lowest BCUT2D eigenvalue weighted by atomic mass is 10.1. The number of ether oxygens (including phenoxy) is 1. The molecule has 1 aliphatic heterocycles. The lowest BCUT2D eigenvalue weighted by molar-refractivity contribution is 0.0392. The Hall–Kier alpha value is -1.50. The van der Waals surface area contributed by atoms with Crippen LogP contribution in [0.5, 0.6) is 0 Å². The normalized spacial score (nSPS) is 16.9. The van der Waals surface area contributed by atoms with E-state index in [2.05, 4.69) is 15.4 Å². The number of hydrogen-bond acceptors (Lipinski definition) is 4. The third kappa shape index (κ3) is 4.88.